The van der Waals surface area contributed by atoms with Crippen LogP contribution in [0.3, 0.4) is 0 Å². The van der Waals surface area contributed by atoms with Gasteiger partial charge in [0.15, 0.2) is 0 Å². The minimum absolute atomic E-state index is 0.00304. The fourth-order valence-electron chi connectivity index (χ4n) is 3.17. The van der Waals surface area contributed by atoms with Crippen LogP contribution in [0.2, 0.25) is 0 Å². The zero-order valence-corrected chi connectivity index (χ0v) is 17.5. The lowest BCUT2D eigenvalue weighted by Gasteiger charge is -2.17. The van der Waals surface area contributed by atoms with Crippen LogP contribution in [-0.2, 0) is 11.0 Å². The van der Waals surface area contributed by atoms with Crippen LogP contribution in [0.25, 0.3) is 0 Å². The van der Waals surface area contributed by atoms with E-state index >= 15 is 0 Å². The van der Waals surface area contributed by atoms with Crippen LogP contribution in [0.1, 0.15) is 27.0 Å². The van der Waals surface area contributed by atoms with Gasteiger partial charge in [0.2, 0.25) is 5.91 Å². The first kappa shape index (κ1) is 22.9. The molecule has 5 nitrogen and oxygen atoms in total. The number of anilines is 3. The van der Waals surface area contributed by atoms with Crippen LogP contribution < -0.4 is 16.0 Å². The number of hydrogen-bond acceptors (Lipinski definition) is 3. The van der Waals surface area contributed by atoms with Crippen LogP contribution in [0.15, 0.2) is 66.7 Å². The second-order valence-electron chi connectivity index (χ2n) is 7.25. The Bertz CT molecular complexity index is 1110. The monoisotopic (exact) mass is 441 g/mol. The normalized spacial score (nSPS) is 11.0. The number of benzene rings is 3. The highest BCUT2D eigenvalue weighted by molar-refractivity contribution is 6.04. The van der Waals surface area contributed by atoms with Gasteiger partial charge in [0, 0.05) is 22.6 Å². The van der Waals surface area contributed by atoms with Crippen molar-refractivity contribution in [2.75, 3.05) is 22.5 Å². The number of nitrogens with one attached hydrogen (secondary N) is 3. The summed E-state index contributed by atoms with van der Waals surface area (Å²) in [5.41, 5.74) is 1.42. The predicted octanol–water partition coefficient (Wildman–Crippen LogP) is 5.63. The summed E-state index contributed by atoms with van der Waals surface area (Å²) in [5.74, 6) is -0.996. The topological polar surface area (TPSA) is 70.2 Å². The van der Waals surface area contributed by atoms with E-state index in [2.05, 4.69) is 16.0 Å². The van der Waals surface area contributed by atoms with Gasteiger partial charge in [0.1, 0.15) is 0 Å². The summed E-state index contributed by atoms with van der Waals surface area (Å²) in [6.07, 6.45) is -4.68. The summed E-state index contributed by atoms with van der Waals surface area (Å²) in [4.78, 5) is 24.6. The van der Waals surface area contributed by atoms with Gasteiger partial charge < -0.3 is 16.0 Å². The number of halogens is 3. The minimum atomic E-state index is -4.68. The molecule has 0 aliphatic carbocycles. The molecule has 3 rings (SSSR count). The van der Waals surface area contributed by atoms with Crippen LogP contribution in [0.5, 0.6) is 0 Å². The van der Waals surface area contributed by atoms with Gasteiger partial charge in [0.05, 0.1) is 12.1 Å². The molecule has 0 unspecified atom stereocenters. The molecule has 0 aliphatic rings. The first-order valence-electron chi connectivity index (χ1n) is 9.83. The Balaban J connectivity index is 1.73. The molecular formula is C24H22F3N3O2. The quantitative estimate of drug-likeness (QED) is 0.465. The highest BCUT2D eigenvalue weighted by Crippen LogP contribution is 2.36. The molecule has 0 aliphatic heterocycles. The molecule has 0 atom stereocenters. The molecule has 0 radical (unpaired) electrons. The van der Waals surface area contributed by atoms with Crippen molar-refractivity contribution in [3.8, 4) is 0 Å². The van der Waals surface area contributed by atoms with Crippen LogP contribution in [-0.4, -0.2) is 18.4 Å². The Hall–Kier alpha value is -3.81. The fourth-order valence-corrected chi connectivity index (χ4v) is 3.17. The largest absolute Gasteiger partial charge is 0.418 e. The van der Waals surface area contributed by atoms with E-state index in [0.29, 0.717) is 11.3 Å². The molecule has 8 heteroatoms. The molecule has 0 spiro atoms. The average molecular weight is 441 g/mol. The number of para-hydroxylation sites is 1. The van der Waals surface area contributed by atoms with Crippen molar-refractivity contribution in [2.24, 2.45) is 0 Å². The standard InChI is InChI=1S/C24H22F3N3O2/c1-15-7-6-8-16(2)22(15)30-21(31)14-28-20-12-11-18(13-19(20)24(25,26)27)29-23(32)17-9-4-3-5-10-17/h3-13,28H,14H2,1-2H3,(H,29,32)(H,30,31). The lowest BCUT2D eigenvalue weighted by molar-refractivity contribution is -0.137. The number of hydrogen-bond donors (Lipinski definition) is 3. The lowest BCUT2D eigenvalue weighted by Crippen LogP contribution is -2.24. The highest BCUT2D eigenvalue weighted by Gasteiger charge is 2.34. The third kappa shape index (κ3) is 5.66. The molecule has 166 valence electrons. The Kier molecular flexibility index (Phi) is 6.82. The van der Waals surface area contributed by atoms with E-state index in [1.54, 1.807) is 30.3 Å². The van der Waals surface area contributed by atoms with E-state index in [9.17, 15) is 22.8 Å². The third-order valence-electron chi connectivity index (χ3n) is 4.80. The molecule has 32 heavy (non-hydrogen) atoms. The second kappa shape index (κ2) is 9.55. The molecule has 2 amide bonds. The molecule has 0 bridgehead atoms. The summed E-state index contributed by atoms with van der Waals surface area (Å²) in [6, 6.07) is 17.1. The van der Waals surface area contributed by atoms with Gasteiger partial charge in [-0.15, -0.1) is 0 Å². The van der Waals surface area contributed by atoms with Gasteiger partial charge in [0.25, 0.3) is 5.91 Å². The van der Waals surface area contributed by atoms with Gasteiger partial charge in [-0.05, 0) is 55.3 Å². The van der Waals surface area contributed by atoms with E-state index in [1.165, 1.54) is 12.1 Å². The molecule has 3 aromatic rings. The molecule has 3 N–H and O–H groups in total. The molecular weight excluding hydrogens is 419 g/mol. The fraction of sp³-hybridized carbons (Fsp3) is 0.167. The zero-order chi connectivity index (χ0) is 23.3. The van der Waals surface area contributed by atoms with Crippen LogP contribution in [0, 0.1) is 13.8 Å². The van der Waals surface area contributed by atoms with Crippen molar-refractivity contribution in [3.63, 3.8) is 0 Å². The predicted molar refractivity (Wildman–Crippen MR) is 119 cm³/mol. The van der Waals surface area contributed by atoms with Gasteiger partial charge in [-0.2, -0.15) is 13.2 Å². The summed E-state index contributed by atoms with van der Waals surface area (Å²) in [7, 11) is 0. The van der Waals surface area contributed by atoms with Crippen molar-refractivity contribution >= 4 is 28.9 Å². The van der Waals surface area contributed by atoms with Gasteiger partial charge in [-0.25, -0.2) is 0 Å². The van der Waals surface area contributed by atoms with Crippen LogP contribution in [0.4, 0.5) is 30.2 Å². The third-order valence-corrected chi connectivity index (χ3v) is 4.80. The molecule has 0 saturated carbocycles. The first-order chi connectivity index (χ1) is 15.1. The lowest BCUT2D eigenvalue weighted by atomic mass is 10.1. The Morgan fingerprint density at radius 1 is 0.844 bits per heavy atom. The number of alkyl halides is 3. The number of aryl methyl sites for hydroxylation is 2. The maximum Gasteiger partial charge on any atom is 0.418 e. The summed E-state index contributed by atoms with van der Waals surface area (Å²) in [6.45, 7) is 3.31. The van der Waals surface area contributed by atoms with Crippen molar-refractivity contribution < 1.29 is 22.8 Å². The Labute approximate surface area is 183 Å². The SMILES string of the molecule is Cc1cccc(C)c1NC(=O)CNc1ccc(NC(=O)c2ccccc2)cc1C(F)(F)F. The van der Waals surface area contributed by atoms with Crippen molar-refractivity contribution in [1.29, 1.82) is 0 Å². The van der Waals surface area contributed by atoms with Crippen molar-refractivity contribution in [3.05, 3.63) is 89.0 Å². The molecule has 0 heterocycles. The second-order valence-corrected chi connectivity index (χ2v) is 7.25. The summed E-state index contributed by atoms with van der Waals surface area (Å²) < 4.78 is 40.8. The number of carbonyl (C=O) groups is 2. The molecule has 0 fully saturated rings. The van der Waals surface area contributed by atoms with Crippen LogP contribution >= 0.6 is 0 Å². The van der Waals surface area contributed by atoms with E-state index in [-0.39, 0.29) is 17.9 Å². The summed E-state index contributed by atoms with van der Waals surface area (Å²) >= 11 is 0. The van der Waals surface area contributed by atoms with E-state index in [0.717, 1.165) is 17.2 Å². The van der Waals surface area contributed by atoms with Gasteiger partial charge in [-0.3, -0.25) is 9.59 Å². The Morgan fingerprint density at radius 2 is 1.50 bits per heavy atom. The molecule has 0 aromatic heterocycles. The van der Waals surface area contributed by atoms with E-state index in [4.69, 9.17) is 0 Å². The van der Waals surface area contributed by atoms with Gasteiger partial charge in [-0.1, -0.05) is 36.4 Å². The highest BCUT2D eigenvalue weighted by atomic mass is 19.4. The number of rotatable bonds is 6. The zero-order valence-electron chi connectivity index (χ0n) is 17.5. The molecule has 0 saturated heterocycles. The Morgan fingerprint density at radius 3 is 2.12 bits per heavy atom. The molecule has 3 aromatic carbocycles. The van der Waals surface area contributed by atoms with Gasteiger partial charge >= 0.3 is 6.18 Å². The number of carbonyl (C=O) groups excluding carboxylic acids is 2. The first-order valence-corrected chi connectivity index (χ1v) is 9.83. The average Bonchev–Trinajstić information content (AvgIpc) is 2.75. The van der Waals surface area contributed by atoms with E-state index in [1.807, 2.05) is 32.0 Å². The van der Waals surface area contributed by atoms with E-state index < -0.39 is 23.6 Å². The summed E-state index contributed by atoms with van der Waals surface area (Å²) in [5, 5.41) is 7.73. The maximum absolute atomic E-state index is 13.6. The smallest absolute Gasteiger partial charge is 0.376 e. The maximum atomic E-state index is 13.6. The van der Waals surface area contributed by atoms with Crippen molar-refractivity contribution in [2.45, 2.75) is 20.0 Å². The van der Waals surface area contributed by atoms with Crippen molar-refractivity contribution in [1.82, 2.24) is 0 Å². The minimum Gasteiger partial charge on any atom is -0.376 e. The number of amides is 2.